The van der Waals surface area contributed by atoms with Gasteiger partial charge in [0.25, 0.3) is 0 Å². The minimum absolute atomic E-state index is 0.0461. The molecule has 5 rings (SSSR count). The first-order valence-electron chi connectivity index (χ1n) is 14.6. The van der Waals surface area contributed by atoms with Gasteiger partial charge in [-0.3, -0.25) is 38.6 Å². The van der Waals surface area contributed by atoms with Gasteiger partial charge in [0.1, 0.15) is 5.75 Å². The molecule has 0 radical (unpaired) electrons. The largest absolute Gasteiger partial charge is 0.505 e. The maximum atomic E-state index is 14.1. The SMILES string of the molecule is CCC1CCN(CC(=O)Nc2ccc3c(c2O)C(=O)C2C(=O)[C@]4(O)C(=O)C(C(N)=O)C(=O)[C@@H](N(C)C)C4C(O)C2C3C)C1. The van der Waals surface area contributed by atoms with E-state index < -0.39 is 88.0 Å². The molecule has 13 heteroatoms. The summed E-state index contributed by atoms with van der Waals surface area (Å²) in [6.45, 7) is 5.36. The van der Waals surface area contributed by atoms with Gasteiger partial charge in [0, 0.05) is 12.5 Å². The molecule has 1 saturated heterocycles. The molecule has 1 aromatic rings. The molecule has 13 nitrogen and oxygen atoms in total. The molecule has 0 spiro atoms. The van der Waals surface area contributed by atoms with Gasteiger partial charge in [0.2, 0.25) is 11.8 Å². The predicted octanol–water partition coefficient (Wildman–Crippen LogP) is -0.931. The molecule has 0 bridgehead atoms. The molecular weight excluding hydrogens is 560 g/mol. The lowest BCUT2D eigenvalue weighted by Gasteiger charge is -2.56. The molecule has 9 atom stereocenters. The van der Waals surface area contributed by atoms with Gasteiger partial charge in [0.15, 0.2) is 34.7 Å². The lowest BCUT2D eigenvalue weighted by molar-refractivity contribution is -0.196. The second-order valence-corrected chi connectivity index (χ2v) is 12.6. The molecule has 43 heavy (non-hydrogen) atoms. The first kappa shape index (κ1) is 30.9. The fourth-order valence-corrected chi connectivity index (χ4v) is 7.87. The second-order valence-electron chi connectivity index (χ2n) is 12.6. The smallest absolute Gasteiger partial charge is 0.238 e. The van der Waals surface area contributed by atoms with Gasteiger partial charge in [-0.05, 0) is 50.5 Å². The Labute approximate surface area is 248 Å². The summed E-state index contributed by atoms with van der Waals surface area (Å²) in [5, 5.41) is 37.2. The molecule has 0 aromatic heterocycles. The number of likely N-dealkylation sites (tertiary alicyclic amines) is 1. The highest BCUT2D eigenvalue weighted by atomic mass is 16.3. The molecule has 3 fully saturated rings. The minimum Gasteiger partial charge on any atom is -0.505 e. The topological polar surface area (TPSA) is 208 Å². The van der Waals surface area contributed by atoms with E-state index in [9.17, 15) is 44.1 Å². The molecule has 1 heterocycles. The van der Waals surface area contributed by atoms with Crippen LogP contribution >= 0.6 is 0 Å². The number of aromatic hydroxyl groups is 1. The summed E-state index contributed by atoms with van der Waals surface area (Å²) >= 11 is 0. The van der Waals surface area contributed by atoms with E-state index in [2.05, 4.69) is 12.2 Å². The van der Waals surface area contributed by atoms with Crippen LogP contribution in [-0.2, 0) is 24.0 Å². The van der Waals surface area contributed by atoms with Crippen LogP contribution < -0.4 is 11.1 Å². The summed E-state index contributed by atoms with van der Waals surface area (Å²) in [4.78, 5) is 83.0. The van der Waals surface area contributed by atoms with Crippen molar-refractivity contribution in [1.82, 2.24) is 9.80 Å². The van der Waals surface area contributed by atoms with Crippen LogP contribution in [-0.4, -0.2) is 112 Å². The van der Waals surface area contributed by atoms with Crippen molar-refractivity contribution in [2.45, 2.75) is 50.4 Å². The van der Waals surface area contributed by atoms with E-state index >= 15 is 0 Å². The number of amides is 2. The Morgan fingerprint density at radius 3 is 2.42 bits per heavy atom. The van der Waals surface area contributed by atoms with E-state index in [0.717, 1.165) is 25.9 Å². The van der Waals surface area contributed by atoms with Crippen LogP contribution in [0.5, 0.6) is 5.75 Å². The number of rotatable bonds is 6. The Morgan fingerprint density at radius 2 is 1.84 bits per heavy atom. The lowest BCUT2D eigenvalue weighted by Crippen LogP contribution is -2.77. The van der Waals surface area contributed by atoms with Gasteiger partial charge in [-0.15, -0.1) is 0 Å². The number of likely N-dealkylation sites (N-methyl/N-ethyl adjacent to an activating group) is 1. The number of phenolic OH excluding ortho intramolecular Hbond substituents is 1. The van der Waals surface area contributed by atoms with E-state index in [-0.39, 0.29) is 17.8 Å². The van der Waals surface area contributed by atoms with Crippen LogP contribution in [0.25, 0.3) is 0 Å². The maximum absolute atomic E-state index is 14.1. The van der Waals surface area contributed by atoms with Crippen LogP contribution in [0.2, 0.25) is 0 Å². The van der Waals surface area contributed by atoms with Gasteiger partial charge < -0.3 is 26.4 Å². The normalized spacial score (nSPS) is 35.9. The van der Waals surface area contributed by atoms with E-state index in [0.29, 0.717) is 11.5 Å². The molecule has 6 N–H and O–H groups in total. The molecule has 4 aliphatic rings. The third-order valence-electron chi connectivity index (χ3n) is 10.1. The zero-order valence-electron chi connectivity index (χ0n) is 24.6. The van der Waals surface area contributed by atoms with Crippen LogP contribution in [0.4, 0.5) is 5.69 Å². The number of hydrogen-bond donors (Lipinski definition) is 5. The summed E-state index contributed by atoms with van der Waals surface area (Å²) in [7, 11) is 2.87. The van der Waals surface area contributed by atoms with E-state index in [1.807, 2.05) is 4.90 Å². The van der Waals surface area contributed by atoms with Crippen molar-refractivity contribution in [2.75, 3.05) is 39.0 Å². The molecule has 2 saturated carbocycles. The fourth-order valence-electron chi connectivity index (χ4n) is 7.87. The number of aliphatic hydroxyl groups excluding tert-OH is 1. The highest BCUT2D eigenvalue weighted by Gasteiger charge is 2.72. The third-order valence-corrected chi connectivity index (χ3v) is 10.1. The first-order valence-corrected chi connectivity index (χ1v) is 14.6. The number of nitrogens with one attached hydrogen (secondary N) is 1. The molecule has 1 aliphatic heterocycles. The average Bonchev–Trinajstić information content (AvgIpc) is 3.39. The van der Waals surface area contributed by atoms with Crippen molar-refractivity contribution in [3.8, 4) is 5.75 Å². The van der Waals surface area contributed by atoms with Crippen LogP contribution in [0.15, 0.2) is 12.1 Å². The number of Topliss-reactive ketones (excluding diaryl/α,β-unsaturated/α-hetero) is 4. The summed E-state index contributed by atoms with van der Waals surface area (Å²) in [6.07, 6.45) is 0.293. The number of nitrogens with zero attached hydrogens (tertiary/aromatic N) is 2. The molecule has 7 unspecified atom stereocenters. The van der Waals surface area contributed by atoms with Crippen molar-refractivity contribution in [3.63, 3.8) is 0 Å². The van der Waals surface area contributed by atoms with Crippen LogP contribution in [0, 0.1) is 29.6 Å². The monoisotopic (exact) mass is 598 g/mol. The maximum Gasteiger partial charge on any atom is 0.238 e. The van der Waals surface area contributed by atoms with Gasteiger partial charge in [-0.2, -0.15) is 0 Å². The standard InChI is InChI=1S/C30H38N4O9/c1-5-13-8-9-34(10-13)11-16(35)32-15-7-6-14-12(2)17-19(24(37)18(14)23(15)36)27(40)30(43)21(25(17)38)22(33(3)4)26(39)20(28(30)41)29(31)42/h6-7,12-13,17,19-22,25,36,38,43H,5,8-11H2,1-4H3,(H2,31,42)(H,32,35)/t12?,13?,17?,19?,20?,21?,22-,25?,30-/m0/s1. The number of phenols is 1. The third kappa shape index (κ3) is 4.52. The lowest BCUT2D eigenvalue weighted by atomic mass is 9.49. The number of carbonyl (C=O) groups is 6. The number of benzene rings is 1. The Kier molecular flexibility index (Phi) is 7.83. The molecule has 232 valence electrons. The second kappa shape index (κ2) is 10.9. The summed E-state index contributed by atoms with van der Waals surface area (Å²) < 4.78 is 0. The van der Waals surface area contributed by atoms with Crippen molar-refractivity contribution in [1.29, 1.82) is 0 Å². The summed E-state index contributed by atoms with van der Waals surface area (Å²) in [5.41, 5.74) is 2.26. The zero-order valence-corrected chi connectivity index (χ0v) is 24.6. The van der Waals surface area contributed by atoms with E-state index in [4.69, 9.17) is 5.73 Å². The fraction of sp³-hybridized carbons (Fsp3) is 0.600. The number of hydrogen-bond acceptors (Lipinski definition) is 11. The molecule has 3 aliphatic carbocycles. The van der Waals surface area contributed by atoms with Gasteiger partial charge in [-0.1, -0.05) is 26.3 Å². The van der Waals surface area contributed by atoms with Crippen molar-refractivity contribution >= 4 is 40.6 Å². The quantitative estimate of drug-likeness (QED) is 0.200. The molecule has 2 amide bonds. The van der Waals surface area contributed by atoms with Gasteiger partial charge in [-0.25, -0.2) is 0 Å². The van der Waals surface area contributed by atoms with Crippen molar-refractivity contribution < 1.29 is 44.1 Å². The van der Waals surface area contributed by atoms with Crippen LogP contribution in [0.1, 0.15) is 48.5 Å². The average molecular weight is 599 g/mol. The molecular formula is C30H38N4O9. The predicted molar refractivity (Wildman–Crippen MR) is 151 cm³/mol. The Morgan fingerprint density at radius 1 is 1.16 bits per heavy atom. The number of carbonyl (C=O) groups excluding carboxylic acids is 6. The highest BCUT2D eigenvalue weighted by molar-refractivity contribution is 6.32. The van der Waals surface area contributed by atoms with Crippen LogP contribution in [0.3, 0.4) is 0 Å². The summed E-state index contributed by atoms with van der Waals surface area (Å²) in [6, 6.07) is 1.53. The molecule has 1 aromatic carbocycles. The zero-order chi connectivity index (χ0) is 31.7. The number of aliphatic hydroxyl groups is 2. The Bertz CT molecular complexity index is 1430. The number of ketones is 4. The highest BCUT2D eigenvalue weighted by Crippen LogP contribution is 2.55. The number of fused-ring (bicyclic) bond motifs is 3. The number of anilines is 1. The number of primary amides is 1. The van der Waals surface area contributed by atoms with Gasteiger partial charge >= 0.3 is 0 Å². The van der Waals surface area contributed by atoms with Crippen molar-refractivity contribution in [2.24, 2.45) is 35.3 Å². The minimum atomic E-state index is -3.07. The van der Waals surface area contributed by atoms with Gasteiger partial charge in [0.05, 0.1) is 41.8 Å². The first-order chi connectivity index (χ1) is 20.2. The van der Waals surface area contributed by atoms with E-state index in [1.165, 1.54) is 31.1 Å². The van der Waals surface area contributed by atoms with E-state index in [1.54, 1.807) is 6.92 Å². The Hall–Kier alpha value is -3.52. The summed E-state index contributed by atoms with van der Waals surface area (Å²) in [5.74, 6) is -14.0. The van der Waals surface area contributed by atoms with Crippen molar-refractivity contribution in [3.05, 3.63) is 23.3 Å². The Balaban J connectivity index is 1.52. The number of nitrogens with two attached hydrogens (primary N) is 1.